The molecule has 3 nitrogen and oxygen atoms in total. The lowest BCUT2D eigenvalue weighted by Crippen LogP contribution is -2.27. The van der Waals surface area contributed by atoms with Gasteiger partial charge in [-0.15, -0.1) is 0 Å². The highest BCUT2D eigenvalue weighted by Crippen LogP contribution is 2.54. The maximum Gasteiger partial charge on any atom is 0.172 e. The molecule has 0 bridgehead atoms. The van der Waals surface area contributed by atoms with Crippen molar-refractivity contribution in [2.75, 3.05) is 0 Å². The third-order valence-electron chi connectivity index (χ3n) is 10.5. The first-order valence-corrected chi connectivity index (χ1v) is 19.3. The molecule has 0 spiro atoms. The first kappa shape index (κ1) is 29.9. The van der Waals surface area contributed by atoms with Crippen molar-refractivity contribution in [3.63, 3.8) is 0 Å². The summed E-state index contributed by atoms with van der Waals surface area (Å²) in [5.74, 6) is 0. The maximum absolute atomic E-state index is 16.4. The van der Waals surface area contributed by atoms with Gasteiger partial charge in [-0.3, -0.25) is 0 Å². The lowest BCUT2D eigenvalue weighted by molar-refractivity contribution is 0.592. The molecule has 1 atom stereocenters. The standard InChI is InChI=1S/C47H33N2OP/c50-51(37-28-27-32-15-7-8-20-35(32)29-37)44-25-13-10-22-39(44)46-38-21-9-12-24-43(38)49(47(46)40-23-11-14-26-45(40)51)36-30-41(33-16-3-1-4-17-33)48-42(31-36)34-18-5-2-6-19-34/h1-6,8-14,16-31H,7,15H2. The molecule has 0 N–H and O–H groups in total. The molecule has 2 aliphatic rings. The predicted octanol–water partition coefficient (Wildman–Crippen LogP) is 10.6. The van der Waals surface area contributed by atoms with Crippen LogP contribution < -0.4 is 15.9 Å². The molecule has 6 aromatic carbocycles. The minimum atomic E-state index is -3.35. The van der Waals surface area contributed by atoms with E-state index in [2.05, 4.69) is 156 Å². The summed E-state index contributed by atoms with van der Waals surface area (Å²) in [4.78, 5) is 5.21. The molecule has 1 aliphatic carbocycles. The highest BCUT2D eigenvalue weighted by molar-refractivity contribution is 7.85. The average Bonchev–Trinajstić information content (AvgIpc) is 3.51. The first-order chi connectivity index (χ1) is 25.2. The molecule has 1 unspecified atom stereocenters. The summed E-state index contributed by atoms with van der Waals surface area (Å²) in [5, 5.41) is 3.73. The van der Waals surface area contributed by atoms with Crippen LogP contribution in [-0.2, 0) is 11.0 Å². The van der Waals surface area contributed by atoms with Gasteiger partial charge in [0.2, 0.25) is 0 Å². The second-order valence-corrected chi connectivity index (χ2v) is 16.1. The number of pyridine rings is 1. The molecule has 0 saturated carbocycles. The Bertz CT molecular complexity index is 2670. The molecule has 0 fully saturated rings. The molecule has 4 heteroatoms. The van der Waals surface area contributed by atoms with Gasteiger partial charge in [-0.2, -0.15) is 0 Å². The zero-order valence-electron chi connectivity index (χ0n) is 27.9. The monoisotopic (exact) mass is 672 g/mol. The van der Waals surface area contributed by atoms with Crippen LogP contribution in [0.2, 0.25) is 0 Å². The molecule has 51 heavy (non-hydrogen) atoms. The highest BCUT2D eigenvalue weighted by Gasteiger charge is 2.40. The molecule has 242 valence electrons. The zero-order chi connectivity index (χ0) is 33.9. The normalized spacial score (nSPS) is 15.8. The quantitative estimate of drug-likeness (QED) is 0.174. The van der Waals surface area contributed by atoms with Crippen LogP contribution in [-0.4, -0.2) is 9.55 Å². The fourth-order valence-corrected chi connectivity index (χ4v) is 11.2. The molecule has 2 aromatic heterocycles. The Hall–Kier alpha value is -6.02. The fourth-order valence-electron chi connectivity index (χ4n) is 8.12. The number of nitrogens with zero attached hydrogens (tertiary/aromatic N) is 2. The molecular formula is C47H33N2OP. The topological polar surface area (TPSA) is 34.9 Å². The van der Waals surface area contributed by atoms with Crippen LogP contribution in [0.1, 0.15) is 17.5 Å². The van der Waals surface area contributed by atoms with Gasteiger partial charge in [0.25, 0.3) is 0 Å². The number of aromatic nitrogens is 2. The number of allylic oxidation sites excluding steroid dienone is 1. The Morgan fingerprint density at radius 2 is 1.20 bits per heavy atom. The molecule has 0 radical (unpaired) electrons. The van der Waals surface area contributed by atoms with E-state index < -0.39 is 7.14 Å². The molecule has 8 aromatic rings. The van der Waals surface area contributed by atoms with E-state index in [-0.39, 0.29) is 0 Å². The Morgan fingerprint density at radius 1 is 0.588 bits per heavy atom. The van der Waals surface area contributed by atoms with Crippen molar-refractivity contribution < 1.29 is 4.57 Å². The van der Waals surface area contributed by atoms with Gasteiger partial charge in [0.1, 0.15) is 0 Å². The third-order valence-corrected chi connectivity index (χ3v) is 13.6. The Labute approximate surface area is 297 Å². The van der Waals surface area contributed by atoms with Gasteiger partial charge < -0.3 is 9.13 Å². The minimum Gasteiger partial charge on any atom is -0.309 e. The van der Waals surface area contributed by atoms with Gasteiger partial charge in [0.05, 0.1) is 28.3 Å². The van der Waals surface area contributed by atoms with Crippen LogP contribution >= 0.6 is 7.14 Å². The number of fused-ring (bicyclic) bond motifs is 8. The van der Waals surface area contributed by atoms with Crippen LogP contribution in [0.15, 0.2) is 170 Å². The first-order valence-electron chi connectivity index (χ1n) is 17.6. The Morgan fingerprint density at radius 3 is 1.92 bits per heavy atom. The van der Waals surface area contributed by atoms with E-state index in [9.17, 15) is 0 Å². The predicted molar refractivity (Wildman–Crippen MR) is 213 cm³/mol. The Balaban J connectivity index is 1.33. The second-order valence-electron chi connectivity index (χ2n) is 13.4. The van der Waals surface area contributed by atoms with Crippen molar-refractivity contribution in [3.05, 3.63) is 181 Å². The van der Waals surface area contributed by atoms with Gasteiger partial charge >= 0.3 is 0 Å². The Kier molecular flexibility index (Phi) is 6.91. The van der Waals surface area contributed by atoms with E-state index in [1.165, 1.54) is 11.1 Å². The van der Waals surface area contributed by atoms with E-state index in [1.807, 2.05) is 24.3 Å². The number of benzene rings is 6. The number of hydrogen-bond acceptors (Lipinski definition) is 2. The molecular weight excluding hydrogens is 640 g/mol. The molecule has 1 aliphatic heterocycles. The summed E-state index contributed by atoms with van der Waals surface area (Å²) >= 11 is 0. The van der Waals surface area contributed by atoms with Crippen molar-refractivity contribution in [2.24, 2.45) is 0 Å². The smallest absolute Gasteiger partial charge is 0.172 e. The van der Waals surface area contributed by atoms with Crippen molar-refractivity contribution in [1.29, 1.82) is 0 Å². The van der Waals surface area contributed by atoms with Gasteiger partial charge in [-0.05, 0) is 53.8 Å². The van der Waals surface area contributed by atoms with Crippen LogP contribution in [0.25, 0.3) is 67.6 Å². The molecule has 0 saturated heterocycles. The fraction of sp³-hybridized carbons (Fsp3) is 0.0426. The van der Waals surface area contributed by atoms with Crippen molar-refractivity contribution in [1.82, 2.24) is 9.55 Å². The summed E-state index contributed by atoms with van der Waals surface area (Å²) in [5.41, 5.74) is 12.6. The minimum absolute atomic E-state index is 0.862. The largest absolute Gasteiger partial charge is 0.309 e. The summed E-state index contributed by atoms with van der Waals surface area (Å²) in [6.45, 7) is 0. The zero-order valence-corrected chi connectivity index (χ0v) is 28.8. The molecule has 0 amide bonds. The van der Waals surface area contributed by atoms with E-state index in [1.54, 1.807) is 0 Å². The maximum atomic E-state index is 16.4. The SMILES string of the molecule is O=P1(c2ccc3c(c2)C=CCC3)c2ccccc2-c2c(n(-c3cc(-c4ccccc4)nc(-c4ccccc4)c3)c3ccccc23)-c2ccccc21. The van der Waals surface area contributed by atoms with E-state index in [0.29, 0.717) is 0 Å². The van der Waals surface area contributed by atoms with Crippen molar-refractivity contribution in [3.8, 4) is 50.6 Å². The van der Waals surface area contributed by atoms with E-state index in [0.717, 1.165) is 90.2 Å². The summed E-state index contributed by atoms with van der Waals surface area (Å²) in [6.07, 6.45) is 6.46. The lowest BCUT2D eigenvalue weighted by atomic mass is 9.98. The van der Waals surface area contributed by atoms with Gasteiger partial charge in [-0.25, -0.2) is 4.98 Å². The second kappa shape index (κ2) is 11.8. The van der Waals surface area contributed by atoms with E-state index >= 15 is 4.57 Å². The summed E-state index contributed by atoms with van der Waals surface area (Å²) < 4.78 is 18.8. The number of hydrogen-bond donors (Lipinski definition) is 0. The van der Waals surface area contributed by atoms with Gasteiger partial charge in [0.15, 0.2) is 7.14 Å². The molecule has 10 rings (SSSR count). The van der Waals surface area contributed by atoms with Crippen LogP contribution in [0.5, 0.6) is 0 Å². The number of aryl methyl sites for hydroxylation is 1. The average molecular weight is 673 g/mol. The van der Waals surface area contributed by atoms with Crippen LogP contribution in [0.4, 0.5) is 0 Å². The summed E-state index contributed by atoms with van der Waals surface area (Å²) in [6, 6.07) is 57.1. The van der Waals surface area contributed by atoms with Crippen LogP contribution in [0.3, 0.4) is 0 Å². The van der Waals surface area contributed by atoms with Crippen molar-refractivity contribution >= 4 is 40.0 Å². The highest BCUT2D eigenvalue weighted by atomic mass is 31.2. The van der Waals surface area contributed by atoms with Crippen LogP contribution in [0, 0.1) is 0 Å². The van der Waals surface area contributed by atoms with E-state index in [4.69, 9.17) is 4.98 Å². The van der Waals surface area contributed by atoms with Gasteiger partial charge in [0, 0.05) is 43.6 Å². The molecule has 3 heterocycles. The van der Waals surface area contributed by atoms with Gasteiger partial charge in [-0.1, -0.05) is 152 Å². The number of para-hydroxylation sites is 1. The lowest BCUT2D eigenvalue weighted by Gasteiger charge is -2.24. The third kappa shape index (κ3) is 4.66. The summed E-state index contributed by atoms with van der Waals surface area (Å²) in [7, 11) is -3.35. The van der Waals surface area contributed by atoms with Crippen molar-refractivity contribution in [2.45, 2.75) is 12.8 Å². The number of rotatable bonds is 4.